The topological polar surface area (TPSA) is 68.7 Å². The van der Waals surface area contributed by atoms with Gasteiger partial charge in [0.15, 0.2) is 19.0 Å². The van der Waals surface area contributed by atoms with Gasteiger partial charge in [0.05, 0.1) is 10.0 Å². The third-order valence-electron chi connectivity index (χ3n) is 4.07. The average Bonchev–Trinajstić information content (AvgIpc) is 2.58. The molecule has 2 rings (SSSR count). The molecular formula is C20H24Cl2N2O4. The Morgan fingerprint density at radius 3 is 2.32 bits per heavy atom. The second-order valence-electron chi connectivity index (χ2n) is 6.96. The number of hydrogen-bond acceptors (Lipinski definition) is 5. The summed E-state index contributed by atoms with van der Waals surface area (Å²) in [6.07, 6.45) is 0. The van der Waals surface area contributed by atoms with Crippen LogP contribution in [0.25, 0.3) is 10.9 Å². The SMILES string of the molecule is Cc1ccc2c(Cl)cc(Cl)c(OCC(=O)OCC(=O)N(C(C)C)C(C)C)c2n1. The number of carbonyl (C=O) groups is 2. The summed E-state index contributed by atoms with van der Waals surface area (Å²) in [5, 5.41) is 1.35. The lowest BCUT2D eigenvalue weighted by Gasteiger charge is -2.30. The van der Waals surface area contributed by atoms with Crippen LogP contribution in [-0.4, -0.2) is 47.1 Å². The number of rotatable bonds is 7. The number of fused-ring (bicyclic) bond motifs is 1. The zero-order valence-electron chi connectivity index (χ0n) is 16.6. The molecule has 1 heterocycles. The molecule has 0 aliphatic rings. The molecular weight excluding hydrogens is 403 g/mol. The van der Waals surface area contributed by atoms with E-state index in [1.807, 2.05) is 46.8 Å². The second kappa shape index (κ2) is 9.43. The van der Waals surface area contributed by atoms with E-state index >= 15 is 0 Å². The first-order chi connectivity index (χ1) is 13.1. The first kappa shape index (κ1) is 22.2. The van der Waals surface area contributed by atoms with Crippen molar-refractivity contribution in [3.63, 3.8) is 0 Å². The lowest BCUT2D eigenvalue weighted by atomic mass is 10.2. The van der Waals surface area contributed by atoms with Crippen LogP contribution in [0.4, 0.5) is 0 Å². The van der Waals surface area contributed by atoms with Crippen molar-refractivity contribution in [2.45, 2.75) is 46.7 Å². The van der Waals surface area contributed by atoms with E-state index in [0.717, 1.165) is 5.69 Å². The van der Waals surface area contributed by atoms with Crippen molar-refractivity contribution in [3.05, 3.63) is 33.9 Å². The Morgan fingerprint density at radius 2 is 1.71 bits per heavy atom. The highest BCUT2D eigenvalue weighted by molar-refractivity contribution is 6.39. The summed E-state index contributed by atoms with van der Waals surface area (Å²) in [6.45, 7) is 8.72. The van der Waals surface area contributed by atoms with Crippen molar-refractivity contribution < 1.29 is 19.1 Å². The number of halogens is 2. The van der Waals surface area contributed by atoms with Crippen molar-refractivity contribution in [2.24, 2.45) is 0 Å². The van der Waals surface area contributed by atoms with Gasteiger partial charge in [0.1, 0.15) is 5.52 Å². The Labute approximate surface area is 174 Å². The number of esters is 1. The normalized spacial score (nSPS) is 11.2. The molecule has 0 saturated carbocycles. The van der Waals surface area contributed by atoms with Gasteiger partial charge < -0.3 is 14.4 Å². The fraction of sp³-hybridized carbons (Fsp3) is 0.450. The zero-order valence-corrected chi connectivity index (χ0v) is 18.1. The lowest BCUT2D eigenvalue weighted by Crippen LogP contribution is -2.44. The molecule has 0 radical (unpaired) electrons. The van der Waals surface area contributed by atoms with Crippen LogP contribution in [-0.2, 0) is 14.3 Å². The van der Waals surface area contributed by atoms with E-state index < -0.39 is 12.6 Å². The fourth-order valence-corrected chi connectivity index (χ4v) is 3.56. The largest absolute Gasteiger partial charge is 0.478 e. The van der Waals surface area contributed by atoms with Crippen LogP contribution >= 0.6 is 23.2 Å². The summed E-state index contributed by atoms with van der Waals surface area (Å²) >= 11 is 12.4. The van der Waals surface area contributed by atoms with Crippen LogP contribution in [0.2, 0.25) is 10.0 Å². The molecule has 1 aromatic carbocycles. The molecule has 28 heavy (non-hydrogen) atoms. The summed E-state index contributed by atoms with van der Waals surface area (Å²) in [4.78, 5) is 30.4. The maximum atomic E-state index is 12.3. The number of amides is 1. The molecule has 0 N–H and O–H groups in total. The minimum Gasteiger partial charge on any atom is -0.478 e. The van der Waals surface area contributed by atoms with Crippen LogP contribution in [0.15, 0.2) is 18.2 Å². The molecule has 0 atom stereocenters. The molecule has 6 nitrogen and oxygen atoms in total. The number of pyridine rings is 1. The van der Waals surface area contributed by atoms with Gasteiger partial charge in [-0.05, 0) is 52.8 Å². The minimum absolute atomic E-state index is 0.0102. The molecule has 0 spiro atoms. The van der Waals surface area contributed by atoms with Gasteiger partial charge in [-0.1, -0.05) is 23.2 Å². The highest BCUT2D eigenvalue weighted by Crippen LogP contribution is 2.37. The molecule has 0 aliphatic heterocycles. The average molecular weight is 427 g/mol. The minimum atomic E-state index is -0.673. The predicted molar refractivity (Wildman–Crippen MR) is 110 cm³/mol. The molecule has 1 amide bonds. The summed E-state index contributed by atoms with van der Waals surface area (Å²) in [6, 6.07) is 5.19. The fourth-order valence-electron chi connectivity index (χ4n) is 2.99. The van der Waals surface area contributed by atoms with Gasteiger partial charge in [0, 0.05) is 23.2 Å². The maximum Gasteiger partial charge on any atom is 0.344 e. The van der Waals surface area contributed by atoms with E-state index in [2.05, 4.69) is 4.98 Å². The van der Waals surface area contributed by atoms with Gasteiger partial charge in [0.25, 0.3) is 5.91 Å². The molecule has 8 heteroatoms. The number of ether oxygens (including phenoxy) is 2. The van der Waals surface area contributed by atoms with Crippen molar-refractivity contribution in [2.75, 3.05) is 13.2 Å². The van der Waals surface area contributed by atoms with Crippen LogP contribution in [0.3, 0.4) is 0 Å². The van der Waals surface area contributed by atoms with Crippen LogP contribution in [0.1, 0.15) is 33.4 Å². The van der Waals surface area contributed by atoms with Crippen molar-refractivity contribution >= 4 is 46.0 Å². The van der Waals surface area contributed by atoms with Crippen LogP contribution < -0.4 is 4.74 Å². The Balaban J connectivity index is 2.05. The monoisotopic (exact) mass is 426 g/mol. The first-order valence-corrected chi connectivity index (χ1v) is 9.72. The third-order valence-corrected chi connectivity index (χ3v) is 4.66. The van der Waals surface area contributed by atoms with Crippen LogP contribution in [0, 0.1) is 6.92 Å². The Kier molecular flexibility index (Phi) is 7.49. The van der Waals surface area contributed by atoms with Gasteiger partial charge in [0.2, 0.25) is 0 Å². The number of nitrogens with zero attached hydrogens (tertiary/aromatic N) is 2. The van der Waals surface area contributed by atoms with Gasteiger partial charge in [-0.3, -0.25) is 4.79 Å². The van der Waals surface area contributed by atoms with E-state index in [0.29, 0.717) is 15.9 Å². The lowest BCUT2D eigenvalue weighted by molar-refractivity contribution is -0.155. The van der Waals surface area contributed by atoms with Gasteiger partial charge in [-0.25, -0.2) is 9.78 Å². The molecule has 0 aliphatic carbocycles. The number of aromatic nitrogens is 1. The summed E-state index contributed by atoms with van der Waals surface area (Å²) in [5.74, 6) is -0.683. The smallest absolute Gasteiger partial charge is 0.344 e. The number of benzene rings is 1. The second-order valence-corrected chi connectivity index (χ2v) is 7.77. The van der Waals surface area contributed by atoms with E-state index in [9.17, 15) is 9.59 Å². The third kappa shape index (κ3) is 5.26. The van der Waals surface area contributed by atoms with E-state index in [1.54, 1.807) is 4.90 Å². The molecule has 2 aromatic rings. The standard InChI is InChI=1S/C20H24Cl2N2O4/c1-11(2)24(12(3)4)17(25)9-27-18(26)10-28-20-16(22)8-15(21)14-7-6-13(5)23-19(14)20/h6-8,11-12H,9-10H2,1-5H3. The summed E-state index contributed by atoms with van der Waals surface area (Å²) in [5.41, 5.74) is 1.22. The molecule has 1 aromatic heterocycles. The molecule has 152 valence electrons. The summed E-state index contributed by atoms with van der Waals surface area (Å²) in [7, 11) is 0. The number of hydrogen-bond donors (Lipinski definition) is 0. The van der Waals surface area contributed by atoms with Gasteiger partial charge in [-0.15, -0.1) is 0 Å². The highest BCUT2D eigenvalue weighted by atomic mass is 35.5. The quantitative estimate of drug-likeness (QED) is 0.612. The molecule has 0 fully saturated rings. The zero-order chi connectivity index (χ0) is 21.0. The summed E-state index contributed by atoms with van der Waals surface area (Å²) < 4.78 is 10.6. The van der Waals surface area contributed by atoms with Crippen LogP contribution in [0.5, 0.6) is 5.75 Å². The van der Waals surface area contributed by atoms with Gasteiger partial charge in [-0.2, -0.15) is 0 Å². The Bertz CT molecular complexity index is 876. The number of aryl methyl sites for hydroxylation is 1. The van der Waals surface area contributed by atoms with Gasteiger partial charge >= 0.3 is 5.97 Å². The van der Waals surface area contributed by atoms with Crippen molar-refractivity contribution in [1.29, 1.82) is 0 Å². The molecule has 0 unspecified atom stereocenters. The Hall–Kier alpha value is -2.05. The maximum absolute atomic E-state index is 12.3. The van der Waals surface area contributed by atoms with Crippen molar-refractivity contribution in [1.82, 2.24) is 9.88 Å². The van der Waals surface area contributed by atoms with E-state index in [-0.39, 0.29) is 35.4 Å². The Morgan fingerprint density at radius 1 is 1.07 bits per heavy atom. The van der Waals surface area contributed by atoms with E-state index in [1.165, 1.54) is 6.07 Å². The predicted octanol–water partition coefficient (Wildman–Crippen LogP) is 4.42. The highest BCUT2D eigenvalue weighted by Gasteiger charge is 2.22. The van der Waals surface area contributed by atoms with E-state index in [4.69, 9.17) is 32.7 Å². The first-order valence-electron chi connectivity index (χ1n) is 8.96. The molecule has 0 bridgehead atoms. The number of carbonyl (C=O) groups excluding carboxylic acids is 2. The molecule has 0 saturated heterocycles. The van der Waals surface area contributed by atoms with Crippen molar-refractivity contribution in [3.8, 4) is 5.75 Å².